The maximum Gasteiger partial charge on any atom is 0.372 e. The smallest absolute Gasteiger partial charge is 0.372 e. The number of rotatable bonds is 4. The molecule has 0 saturated carbocycles. The first kappa shape index (κ1) is 17.1. The number of hydrogen-bond acceptors (Lipinski definition) is 6. The van der Waals surface area contributed by atoms with Gasteiger partial charge in [-0.25, -0.2) is 4.79 Å². The first-order valence-electron chi connectivity index (χ1n) is 8.76. The highest BCUT2D eigenvalue weighted by Crippen LogP contribution is 2.35. The van der Waals surface area contributed by atoms with Crippen LogP contribution in [-0.4, -0.2) is 48.0 Å². The van der Waals surface area contributed by atoms with E-state index in [1.165, 1.54) is 6.92 Å². The molecule has 0 radical (unpaired) electrons. The van der Waals surface area contributed by atoms with E-state index in [2.05, 4.69) is 14.8 Å². The van der Waals surface area contributed by atoms with E-state index in [9.17, 15) is 14.7 Å². The molecule has 27 heavy (non-hydrogen) atoms. The molecule has 1 aliphatic heterocycles. The van der Waals surface area contributed by atoms with Gasteiger partial charge in [-0.05, 0) is 31.2 Å². The van der Waals surface area contributed by atoms with Crippen molar-refractivity contribution >= 4 is 34.1 Å². The van der Waals surface area contributed by atoms with E-state index in [4.69, 9.17) is 4.42 Å². The van der Waals surface area contributed by atoms with Gasteiger partial charge < -0.3 is 19.3 Å². The standard InChI is InChI=1S/C20H19N3O4/c1-13(24)17-18-15(3-2-4-16(18)27-19(17)20(25)26)23-11-9-22(10-12-23)14-5-7-21-8-6-14/h2-8H,9-12H2,1H3,(H,25,26). The molecule has 7 nitrogen and oxygen atoms in total. The van der Waals surface area contributed by atoms with E-state index in [0.29, 0.717) is 11.0 Å². The molecule has 0 bridgehead atoms. The van der Waals surface area contributed by atoms with Gasteiger partial charge in [-0.15, -0.1) is 0 Å². The number of carbonyl (C=O) groups is 2. The lowest BCUT2D eigenvalue weighted by Gasteiger charge is -2.37. The zero-order chi connectivity index (χ0) is 19.0. The molecule has 2 aromatic heterocycles. The number of pyridine rings is 1. The van der Waals surface area contributed by atoms with Crippen molar-refractivity contribution in [3.63, 3.8) is 0 Å². The van der Waals surface area contributed by atoms with Crippen molar-refractivity contribution in [2.75, 3.05) is 36.0 Å². The minimum Gasteiger partial charge on any atom is -0.475 e. The molecule has 1 aliphatic rings. The zero-order valence-electron chi connectivity index (χ0n) is 14.9. The van der Waals surface area contributed by atoms with Crippen LogP contribution >= 0.6 is 0 Å². The highest BCUT2D eigenvalue weighted by Gasteiger charge is 2.27. The van der Waals surface area contributed by atoms with E-state index >= 15 is 0 Å². The Morgan fingerprint density at radius 2 is 1.70 bits per heavy atom. The number of furan rings is 1. The number of benzene rings is 1. The van der Waals surface area contributed by atoms with E-state index in [1.807, 2.05) is 24.3 Å². The average Bonchev–Trinajstić information content (AvgIpc) is 3.09. The number of carbonyl (C=O) groups excluding carboxylic acids is 1. The fraction of sp³-hybridized carbons (Fsp3) is 0.250. The fourth-order valence-corrected chi connectivity index (χ4v) is 3.64. The average molecular weight is 365 g/mol. The summed E-state index contributed by atoms with van der Waals surface area (Å²) in [5.41, 5.74) is 2.53. The fourth-order valence-electron chi connectivity index (χ4n) is 3.64. The predicted octanol–water partition coefficient (Wildman–Crippen LogP) is 3.06. The SMILES string of the molecule is CC(=O)c1c(C(=O)O)oc2cccc(N3CCN(c4ccncc4)CC3)c12. The molecule has 0 atom stereocenters. The lowest BCUT2D eigenvalue weighted by Crippen LogP contribution is -2.46. The van der Waals surface area contributed by atoms with Crippen LogP contribution in [0.4, 0.5) is 11.4 Å². The van der Waals surface area contributed by atoms with Crippen molar-refractivity contribution in [2.45, 2.75) is 6.92 Å². The van der Waals surface area contributed by atoms with Crippen molar-refractivity contribution in [2.24, 2.45) is 0 Å². The predicted molar refractivity (Wildman–Crippen MR) is 102 cm³/mol. The first-order valence-corrected chi connectivity index (χ1v) is 8.76. The van der Waals surface area contributed by atoms with Gasteiger partial charge in [-0.3, -0.25) is 9.78 Å². The summed E-state index contributed by atoms with van der Waals surface area (Å²) in [5, 5.41) is 9.99. The normalized spacial score (nSPS) is 14.6. The second-order valence-electron chi connectivity index (χ2n) is 6.50. The Labute approximate surface area is 155 Å². The molecule has 1 N–H and O–H groups in total. The number of piperazine rings is 1. The number of nitrogens with zero attached hydrogens (tertiary/aromatic N) is 3. The van der Waals surface area contributed by atoms with Gasteiger partial charge in [-0.1, -0.05) is 6.07 Å². The van der Waals surface area contributed by atoms with Gasteiger partial charge in [0.1, 0.15) is 5.58 Å². The molecular weight excluding hydrogens is 346 g/mol. The lowest BCUT2D eigenvalue weighted by atomic mass is 10.0. The van der Waals surface area contributed by atoms with Gasteiger partial charge in [0, 0.05) is 49.9 Å². The van der Waals surface area contributed by atoms with Crippen LogP contribution in [0.5, 0.6) is 0 Å². The minimum atomic E-state index is -1.23. The number of hydrogen-bond donors (Lipinski definition) is 1. The Morgan fingerprint density at radius 1 is 1.04 bits per heavy atom. The van der Waals surface area contributed by atoms with Crippen molar-refractivity contribution in [3.8, 4) is 0 Å². The van der Waals surface area contributed by atoms with Gasteiger partial charge in [0.25, 0.3) is 0 Å². The summed E-state index contributed by atoms with van der Waals surface area (Å²) in [4.78, 5) is 32.2. The molecule has 3 aromatic rings. The summed E-state index contributed by atoms with van der Waals surface area (Å²) in [6.45, 7) is 4.52. The summed E-state index contributed by atoms with van der Waals surface area (Å²) >= 11 is 0. The molecule has 1 aromatic carbocycles. The van der Waals surface area contributed by atoms with Crippen molar-refractivity contribution < 1.29 is 19.1 Å². The van der Waals surface area contributed by atoms with Crippen LogP contribution in [0, 0.1) is 0 Å². The molecule has 7 heteroatoms. The van der Waals surface area contributed by atoms with Crippen molar-refractivity contribution in [1.82, 2.24) is 4.98 Å². The zero-order valence-corrected chi connectivity index (χ0v) is 14.9. The highest BCUT2D eigenvalue weighted by molar-refractivity contribution is 6.16. The maximum absolute atomic E-state index is 12.2. The quantitative estimate of drug-likeness (QED) is 0.711. The minimum absolute atomic E-state index is 0.143. The molecule has 4 rings (SSSR count). The first-order chi connectivity index (χ1) is 13.1. The van der Waals surface area contributed by atoms with Gasteiger partial charge >= 0.3 is 5.97 Å². The van der Waals surface area contributed by atoms with Crippen LogP contribution in [-0.2, 0) is 0 Å². The Kier molecular flexibility index (Phi) is 4.27. The number of aromatic carboxylic acids is 1. The number of carboxylic acids is 1. The summed E-state index contributed by atoms with van der Waals surface area (Å²) in [5.74, 6) is -1.83. The van der Waals surface area contributed by atoms with E-state index in [1.54, 1.807) is 18.5 Å². The monoisotopic (exact) mass is 365 g/mol. The number of fused-ring (bicyclic) bond motifs is 1. The Hall–Kier alpha value is -3.35. The molecule has 0 amide bonds. The summed E-state index contributed by atoms with van der Waals surface area (Å²) in [6, 6.07) is 9.41. The van der Waals surface area contributed by atoms with Crippen LogP contribution in [0.15, 0.2) is 47.1 Å². The second kappa shape index (κ2) is 6.75. The highest BCUT2D eigenvalue weighted by atomic mass is 16.4. The van der Waals surface area contributed by atoms with Gasteiger partial charge in [-0.2, -0.15) is 0 Å². The van der Waals surface area contributed by atoms with Gasteiger partial charge in [0.15, 0.2) is 5.78 Å². The van der Waals surface area contributed by atoms with Crippen LogP contribution in [0.3, 0.4) is 0 Å². The van der Waals surface area contributed by atoms with Crippen LogP contribution in [0.25, 0.3) is 11.0 Å². The number of Topliss-reactive ketones (excluding diaryl/α,β-unsaturated/α-hetero) is 1. The van der Waals surface area contributed by atoms with E-state index < -0.39 is 5.97 Å². The summed E-state index contributed by atoms with van der Waals surface area (Å²) in [7, 11) is 0. The Morgan fingerprint density at radius 3 is 2.33 bits per heavy atom. The summed E-state index contributed by atoms with van der Waals surface area (Å²) < 4.78 is 5.48. The molecule has 0 aliphatic carbocycles. The Bertz CT molecular complexity index is 1000. The lowest BCUT2D eigenvalue weighted by molar-refractivity contribution is 0.0660. The molecular formula is C20H19N3O4. The number of carboxylic acid groups (broad SMARTS) is 1. The van der Waals surface area contributed by atoms with Gasteiger partial charge in [0.2, 0.25) is 5.76 Å². The largest absolute Gasteiger partial charge is 0.475 e. The topological polar surface area (TPSA) is 86.9 Å². The molecule has 1 saturated heterocycles. The maximum atomic E-state index is 12.2. The van der Waals surface area contributed by atoms with Crippen LogP contribution < -0.4 is 9.80 Å². The van der Waals surface area contributed by atoms with Crippen LogP contribution in [0.1, 0.15) is 27.8 Å². The van der Waals surface area contributed by atoms with E-state index in [0.717, 1.165) is 37.6 Å². The number of ketones is 1. The van der Waals surface area contributed by atoms with E-state index in [-0.39, 0.29) is 17.1 Å². The molecule has 3 heterocycles. The number of anilines is 2. The third-order valence-electron chi connectivity index (χ3n) is 4.89. The molecule has 138 valence electrons. The van der Waals surface area contributed by atoms with Crippen molar-refractivity contribution in [1.29, 1.82) is 0 Å². The van der Waals surface area contributed by atoms with Gasteiger partial charge in [0.05, 0.1) is 10.9 Å². The Balaban J connectivity index is 1.69. The van der Waals surface area contributed by atoms with Crippen molar-refractivity contribution in [3.05, 3.63) is 54.0 Å². The second-order valence-corrected chi connectivity index (χ2v) is 6.50. The summed E-state index contributed by atoms with van der Waals surface area (Å²) in [6.07, 6.45) is 3.56. The molecule has 1 fully saturated rings. The third kappa shape index (κ3) is 3.01. The molecule has 0 unspecified atom stereocenters. The van der Waals surface area contributed by atoms with Crippen LogP contribution in [0.2, 0.25) is 0 Å². The third-order valence-corrected chi connectivity index (χ3v) is 4.89. The number of aromatic nitrogens is 1. The molecule has 0 spiro atoms.